The van der Waals surface area contributed by atoms with Crippen LogP contribution in [-0.4, -0.2) is 58.4 Å². The largest absolute Gasteiger partial charge is 0.392 e. The van der Waals surface area contributed by atoms with E-state index in [4.69, 9.17) is 0 Å². The number of aryl methyl sites for hydroxylation is 2. The summed E-state index contributed by atoms with van der Waals surface area (Å²) in [7, 11) is 0. The van der Waals surface area contributed by atoms with E-state index >= 15 is 0 Å². The first-order valence-electron chi connectivity index (χ1n) is 9.35. The molecule has 1 fully saturated rings. The predicted octanol–water partition coefficient (Wildman–Crippen LogP) is 2.27. The lowest BCUT2D eigenvalue weighted by Gasteiger charge is -2.29. The van der Waals surface area contributed by atoms with Crippen molar-refractivity contribution in [2.24, 2.45) is 0 Å². The summed E-state index contributed by atoms with van der Waals surface area (Å²) in [4.78, 5) is 14.7. The summed E-state index contributed by atoms with van der Waals surface area (Å²) in [5.41, 5.74) is 4.66. The van der Waals surface area contributed by atoms with Crippen LogP contribution in [0, 0.1) is 13.8 Å². The van der Waals surface area contributed by atoms with Crippen LogP contribution in [-0.2, 0) is 0 Å². The number of β-amino-alcohol motifs (C(OH)–C–C–N with tert-alkyl or cyclic N) is 1. The summed E-state index contributed by atoms with van der Waals surface area (Å²) in [6.07, 6.45) is 2.64. The quantitative estimate of drug-likeness (QED) is 0.694. The van der Waals surface area contributed by atoms with Crippen molar-refractivity contribution in [3.05, 3.63) is 41.2 Å². The number of hydrogen-bond donors (Lipinski definition) is 3. The Morgan fingerprint density at radius 1 is 1.42 bits per heavy atom. The molecule has 2 heterocycles. The summed E-state index contributed by atoms with van der Waals surface area (Å²) in [6, 6.07) is 7.67. The van der Waals surface area contributed by atoms with Crippen LogP contribution in [0.5, 0.6) is 0 Å². The van der Waals surface area contributed by atoms with Crippen molar-refractivity contribution < 1.29 is 9.90 Å². The highest BCUT2D eigenvalue weighted by Crippen LogP contribution is 2.25. The van der Waals surface area contributed by atoms with Crippen LogP contribution in [0.4, 0.5) is 0 Å². The van der Waals surface area contributed by atoms with Gasteiger partial charge in [-0.2, -0.15) is 5.10 Å². The van der Waals surface area contributed by atoms with Gasteiger partial charge in [0.25, 0.3) is 5.91 Å². The second-order valence-corrected chi connectivity index (χ2v) is 7.10. The van der Waals surface area contributed by atoms with Gasteiger partial charge in [0.15, 0.2) is 0 Å². The predicted molar refractivity (Wildman–Crippen MR) is 102 cm³/mol. The number of piperidine rings is 1. The van der Waals surface area contributed by atoms with Crippen molar-refractivity contribution in [2.45, 2.75) is 39.2 Å². The van der Waals surface area contributed by atoms with Crippen LogP contribution < -0.4 is 5.32 Å². The number of aromatic nitrogens is 2. The number of carbonyl (C=O) groups excluding carboxylic acids is 1. The minimum absolute atomic E-state index is 0.0515. The molecule has 0 bridgehead atoms. The lowest BCUT2D eigenvalue weighted by molar-refractivity contribution is 0.0697. The van der Waals surface area contributed by atoms with Crippen LogP contribution in [0.2, 0.25) is 0 Å². The van der Waals surface area contributed by atoms with E-state index in [0.717, 1.165) is 61.4 Å². The van der Waals surface area contributed by atoms with Crippen LogP contribution in [0.1, 0.15) is 41.0 Å². The maximum Gasteiger partial charge on any atom is 0.251 e. The number of H-pyrrole nitrogens is 1. The number of aliphatic hydroxyl groups is 1. The number of aliphatic hydroxyl groups excluding tert-OH is 1. The van der Waals surface area contributed by atoms with E-state index in [2.05, 4.69) is 20.4 Å². The van der Waals surface area contributed by atoms with Gasteiger partial charge in [0.1, 0.15) is 0 Å². The maximum absolute atomic E-state index is 12.5. The molecule has 1 aromatic carbocycles. The van der Waals surface area contributed by atoms with Crippen molar-refractivity contribution in [3.8, 4) is 11.1 Å². The molecule has 0 unspecified atom stereocenters. The zero-order valence-corrected chi connectivity index (χ0v) is 15.6. The fourth-order valence-corrected chi connectivity index (χ4v) is 3.63. The Labute approximate surface area is 154 Å². The first-order valence-corrected chi connectivity index (χ1v) is 9.35. The maximum atomic E-state index is 12.5. The summed E-state index contributed by atoms with van der Waals surface area (Å²) in [5, 5.41) is 19.9. The Morgan fingerprint density at radius 3 is 3.00 bits per heavy atom. The number of likely N-dealkylation sites (tertiary alicyclic amines) is 1. The Kier molecular flexibility index (Phi) is 6.06. The SMILES string of the molecule is Cc1n[nH]c(C)c1-c1cccc(C(=O)NCCCN2CCC[C@@H](O)C2)c1. The number of aromatic amines is 1. The Morgan fingerprint density at radius 2 is 2.27 bits per heavy atom. The molecule has 3 rings (SSSR count). The minimum atomic E-state index is -0.198. The Hall–Kier alpha value is -2.18. The van der Waals surface area contributed by atoms with E-state index in [9.17, 15) is 9.90 Å². The van der Waals surface area contributed by atoms with Crippen LogP contribution in [0.15, 0.2) is 24.3 Å². The molecule has 6 heteroatoms. The summed E-state index contributed by atoms with van der Waals surface area (Å²) in [5.74, 6) is -0.0515. The average molecular weight is 356 g/mol. The number of benzene rings is 1. The lowest BCUT2D eigenvalue weighted by Crippen LogP contribution is -2.39. The van der Waals surface area contributed by atoms with Crippen molar-refractivity contribution >= 4 is 5.91 Å². The number of rotatable bonds is 6. The van der Waals surface area contributed by atoms with Gasteiger partial charge in [-0.05, 0) is 63.9 Å². The molecule has 0 spiro atoms. The van der Waals surface area contributed by atoms with Gasteiger partial charge in [-0.1, -0.05) is 12.1 Å². The van der Waals surface area contributed by atoms with E-state index in [-0.39, 0.29) is 12.0 Å². The van der Waals surface area contributed by atoms with Gasteiger partial charge in [0, 0.05) is 29.9 Å². The summed E-state index contributed by atoms with van der Waals surface area (Å²) >= 11 is 0. The first kappa shape index (κ1) is 18.6. The molecule has 6 nitrogen and oxygen atoms in total. The topological polar surface area (TPSA) is 81.2 Å². The van der Waals surface area contributed by atoms with Crippen LogP contribution in [0.25, 0.3) is 11.1 Å². The van der Waals surface area contributed by atoms with Gasteiger partial charge in [-0.25, -0.2) is 0 Å². The van der Waals surface area contributed by atoms with Gasteiger partial charge in [0.2, 0.25) is 0 Å². The molecule has 0 aliphatic carbocycles. The fraction of sp³-hybridized carbons (Fsp3) is 0.500. The molecular weight excluding hydrogens is 328 g/mol. The number of carbonyl (C=O) groups is 1. The number of nitrogens with zero attached hydrogens (tertiary/aromatic N) is 2. The lowest BCUT2D eigenvalue weighted by atomic mass is 10.0. The molecule has 1 aromatic heterocycles. The third kappa shape index (κ3) is 4.51. The molecule has 3 N–H and O–H groups in total. The van der Waals surface area contributed by atoms with Crippen LogP contribution >= 0.6 is 0 Å². The van der Waals surface area contributed by atoms with Crippen molar-refractivity contribution in [2.75, 3.05) is 26.2 Å². The minimum Gasteiger partial charge on any atom is -0.392 e. The average Bonchev–Trinajstić information content (AvgIpc) is 2.97. The van der Waals surface area contributed by atoms with Gasteiger partial charge in [-0.15, -0.1) is 0 Å². The fourth-order valence-electron chi connectivity index (χ4n) is 3.63. The molecule has 0 saturated carbocycles. The normalized spacial score (nSPS) is 18.0. The van der Waals surface area contributed by atoms with E-state index in [1.54, 1.807) is 0 Å². The first-order chi connectivity index (χ1) is 12.5. The van der Waals surface area contributed by atoms with E-state index < -0.39 is 0 Å². The van der Waals surface area contributed by atoms with Gasteiger partial charge >= 0.3 is 0 Å². The standard InChI is InChI=1S/C20H28N4O2/c1-14-19(15(2)23-22-14)16-6-3-7-17(12-16)20(26)21-9-5-11-24-10-4-8-18(25)13-24/h3,6-7,12,18,25H,4-5,8-11,13H2,1-2H3,(H,21,26)(H,22,23)/t18-/m1/s1. The molecular formula is C20H28N4O2. The zero-order chi connectivity index (χ0) is 18.5. The molecule has 1 amide bonds. The monoisotopic (exact) mass is 356 g/mol. The van der Waals surface area contributed by atoms with Crippen molar-refractivity contribution in [3.63, 3.8) is 0 Å². The zero-order valence-electron chi connectivity index (χ0n) is 15.6. The summed E-state index contributed by atoms with van der Waals surface area (Å²) < 4.78 is 0. The molecule has 2 aromatic rings. The van der Waals surface area contributed by atoms with Gasteiger partial charge in [-0.3, -0.25) is 9.89 Å². The molecule has 0 radical (unpaired) electrons. The highest BCUT2D eigenvalue weighted by molar-refractivity contribution is 5.95. The summed E-state index contributed by atoms with van der Waals surface area (Å²) in [6.45, 7) is 7.28. The number of hydrogen-bond acceptors (Lipinski definition) is 4. The molecule has 1 aliphatic rings. The highest BCUT2D eigenvalue weighted by Gasteiger charge is 2.17. The van der Waals surface area contributed by atoms with E-state index in [1.165, 1.54) is 0 Å². The molecule has 1 saturated heterocycles. The van der Waals surface area contributed by atoms with Gasteiger partial charge < -0.3 is 15.3 Å². The third-order valence-electron chi connectivity index (χ3n) is 4.96. The third-order valence-corrected chi connectivity index (χ3v) is 4.96. The molecule has 26 heavy (non-hydrogen) atoms. The number of nitrogens with one attached hydrogen (secondary N) is 2. The van der Waals surface area contributed by atoms with Crippen molar-refractivity contribution in [1.82, 2.24) is 20.4 Å². The number of amides is 1. The van der Waals surface area contributed by atoms with E-state index in [0.29, 0.717) is 12.1 Å². The molecule has 1 atom stereocenters. The smallest absolute Gasteiger partial charge is 0.251 e. The molecule has 1 aliphatic heterocycles. The van der Waals surface area contributed by atoms with Gasteiger partial charge in [0.05, 0.1) is 11.8 Å². The van der Waals surface area contributed by atoms with E-state index in [1.807, 2.05) is 38.1 Å². The van der Waals surface area contributed by atoms with Crippen molar-refractivity contribution in [1.29, 1.82) is 0 Å². The second kappa shape index (κ2) is 8.47. The van der Waals surface area contributed by atoms with Crippen LogP contribution in [0.3, 0.4) is 0 Å². The highest BCUT2D eigenvalue weighted by atomic mass is 16.3. The Bertz CT molecular complexity index is 737. The molecule has 140 valence electrons. The Balaban J connectivity index is 1.53. The second-order valence-electron chi connectivity index (χ2n) is 7.10.